The van der Waals surface area contributed by atoms with Gasteiger partial charge < -0.3 is 9.84 Å². The Hall–Kier alpha value is -1.84. The average molecular weight is 302 g/mol. The molecular formula is C18H22O4. The van der Waals surface area contributed by atoms with Crippen molar-refractivity contribution in [2.75, 3.05) is 0 Å². The predicted octanol–water partition coefficient (Wildman–Crippen LogP) is 2.98. The Morgan fingerprint density at radius 1 is 1.18 bits per heavy atom. The molecule has 1 atom stereocenters. The summed E-state index contributed by atoms with van der Waals surface area (Å²) in [6, 6.07) is 8.36. The van der Waals surface area contributed by atoms with Gasteiger partial charge in [0, 0.05) is 5.92 Å². The van der Waals surface area contributed by atoms with Crippen molar-refractivity contribution < 1.29 is 19.4 Å². The maximum absolute atomic E-state index is 12.2. The minimum absolute atomic E-state index is 0.275. The first kappa shape index (κ1) is 15.1. The van der Waals surface area contributed by atoms with E-state index in [1.165, 1.54) is 18.1 Å². The Labute approximate surface area is 130 Å². The highest BCUT2D eigenvalue weighted by Crippen LogP contribution is 2.45. The van der Waals surface area contributed by atoms with Crippen molar-refractivity contribution in [1.82, 2.24) is 0 Å². The van der Waals surface area contributed by atoms with Crippen LogP contribution in [0.5, 0.6) is 0 Å². The van der Waals surface area contributed by atoms with E-state index in [2.05, 4.69) is 12.1 Å². The van der Waals surface area contributed by atoms with E-state index in [4.69, 9.17) is 9.84 Å². The van der Waals surface area contributed by atoms with Gasteiger partial charge in [-0.25, -0.2) is 0 Å². The van der Waals surface area contributed by atoms with Crippen molar-refractivity contribution in [2.24, 2.45) is 11.8 Å². The number of ether oxygens (including phenoxy) is 1. The Balaban J connectivity index is 1.79. The van der Waals surface area contributed by atoms with E-state index in [0.29, 0.717) is 0 Å². The summed E-state index contributed by atoms with van der Waals surface area (Å²) in [6.07, 6.45) is 5.63. The number of hydrogen-bond acceptors (Lipinski definition) is 3. The lowest BCUT2D eigenvalue weighted by molar-refractivity contribution is -0.174. The maximum Gasteiger partial charge on any atom is 0.320 e. The Kier molecular flexibility index (Phi) is 3.94. The number of rotatable bonds is 4. The van der Waals surface area contributed by atoms with Crippen LogP contribution in [0.3, 0.4) is 0 Å². The smallest absolute Gasteiger partial charge is 0.320 e. The molecule has 0 radical (unpaired) electrons. The van der Waals surface area contributed by atoms with Gasteiger partial charge in [-0.05, 0) is 56.6 Å². The van der Waals surface area contributed by atoms with Crippen molar-refractivity contribution in [3.63, 3.8) is 0 Å². The summed E-state index contributed by atoms with van der Waals surface area (Å²) < 4.78 is 5.82. The molecule has 0 spiro atoms. The van der Waals surface area contributed by atoms with Gasteiger partial charge in [-0.3, -0.25) is 9.59 Å². The molecule has 1 saturated carbocycles. The largest absolute Gasteiger partial charge is 0.481 e. The number of hydrogen-bond donors (Lipinski definition) is 1. The Bertz CT molecular complexity index is 562. The van der Waals surface area contributed by atoms with Crippen molar-refractivity contribution >= 4 is 11.9 Å². The van der Waals surface area contributed by atoms with E-state index in [-0.39, 0.29) is 5.92 Å². The molecule has 0 heterocycles. The average Bonchev–Trinajstić information content (AvgIpc) is 3.13. The Morgan fingerprint density at radius 3 is 2.23 bits per heavy atom. The van der Waals surface area contributed by atoms with Crippen LogP contribution in [0.25, 0.3) is 0 Å². The second-order valence-corrected chi connectivity index (χ2v) is 6.63. The van der Waals surface area contributed by atoms with Crippen LogP contribution < -0.4 is 0 Å². The van der Waals surface area contributed by atoms with Gasteiger partial charge in [0.15, 0.2) is 5.92 Å². The molecule has 4 nitrogen and oxygen atoms in total. The van der Waals surface area contributed by atoms with Crippen molar-refractivity contribution in [3.05, 3.63) is 35.4 Å². The monoisotopic (exact) mass is 302 g/mol. The fourth-order valence-electron chi connectivity index (χ4n) is 3.89. The highest BCUT2D eigenvalue weighted by molar-refractivity contribution is 5.93. The van der Waals surface area contributed by atoms with Crippen LogP contribution in [0.2, 0.25) is 0 Å². The molecule has 1 unspecified atom stereocenters. The molecule has 118 valence electrons. The third-order valence-corrected chi connectivity index (χ3v) is 5.27. The Morgan fingerprint density at radius 2 is 1.73 bits per heavy atom. The van der Waals surface area contributed by atoms with Gasteiger partial charge >= 0.3 is 11.9 Å². The van der Waals surface area contributed by atoms with Crippen LogP contribution in [0, 0.1) is 11.8 Å². The molecule has 22 heavy (non-hydrogen) atoms. The van der Waals surface area contributed by atoms with Gasteiger partial charge in [-0.15, -0.1) is 0 Å². The number of carbonyl (C=O) groups excluding carboxylic acids is 1. The lowest BCUT2D eigenvalue weighted by Gasteiger charge is -2.35. The van der Waals surface area contributed by atoms with Gasteiger partial charge in [0.2, 0.25) is 0 Å². The fraction of sp³-hybridized carbons (Fsp3) is 0.556. The first-order valence-electron chi connectivity index (χ1n) is 8.04. The molecule has 0 aliphatic heterocycles. The first-order valence-corrected chi connectivity index (χ1v) is 8.04. The van der Waals surface area contributed by atoms with Crippen LogP contribution in [-0.2, 0) is 27.2 Å². The number of carboxylic acids is 1. The summed E-state index contributed by atoms with van der Waals surface area (Å²) in [4.78, 5) is 23.2. The van der Waals surface area contributed by atoms with Crippen LogP contribution >= 0.6 is 0 Å². The van der Waals surface area contributed by atoms with Crippen molar-refractivity contribution in [2.45, 2.75) is 51.0 Å². The second-order valence-electron chi connectivity index (χ2n) is 6.63. The van der Waals surface area contributed by atoms with Gasteiger partial charge in [-0.2, -0.15) is 0 Å². The standard InChI is InChI=1S/C18H22O4/c1-12(16(19)20)17(21)22-18(8-4-5-9-18)15-10-13-6-2-3-7-14(13)11-15/h2-3,6-7,12,15H,4-5,8-11H2,1H3,(H,19,20). The van der Waals surface area contributed by atoms with Crippen molar-refractivity contribution in [1.29, 1.82) is 0 Å². The van der Waals surface area contributed by atoms with E-state index >= 15 is 0 Å². The lowest BCUT2D eigenvalue weighted by Crippen LogP contribution is -2.43. The van der Waals surface area contributed by atoms with Gasteiger partial charge in [0.25, 0.3) is 0 Å². The SMILES string of the molecule is CC(C(=O)O)C(=O)OC1(C2Cc3ccccc3C2)CCCC1. The number of carbonyl (C=O) groups is 2. The summed E-state index contributed by atoms with van der Waals surface area (Å²) in [5.74, 6) is -2.53. The zero-order valence-electron chi connectivity index (χ0n) is 12.9. The van der Waals surface area contributed by atoms with E-state index in [1.54, 1.807) is 0 Å². The third-order valence-electron chi connectivity index (χ3n) is 5.27. The minimum atomic E-state index is -1.12. The number of carboxylic acid groups (broad SMARTS) is 1. The highest BCUT2D eigenvalue weighted by atomic mass is 16.6. The summed E-state index contributed by atoms with van der Waals surface area (Å²) in [7, 11) is 0. The molecule has 3 rings (SSSR count). The summed E-state index contributed by atoms with van der Waals surface area (Å²) in [6.45, 7) is 1.40. The van der Waals surface area contributed by atoms with Gasteiger partial charge in [0.05, 0.1) is 0 Å². The third kappa shape index (κ3) is 2.62. The lowest BCUT2D eigenvalue weighted by atomic mass is 9.83. The normalized spacial score (nSPS) is 21.3. The predicted molar refractivity (Wildman–Crippen MR) is 81.4 cm³/mol. The molecule has 1 aromatic carbocycles. The molecule has 2 aliphatic rings. The summed E-state index contributed by atoms with van der Waals surface area (Å²) in [5, 5.41) is 9.02. The topological polar surface area (TPSA) is 63.6 Å². The van der Waals surface area contributed by atoms with E-state index in [9.17, 15) is 9.59 Å². The van der Waals surface area contributed by atoms with Crippen LogP contribution in [0.15, 0.2) is 24.3 Å². The van der Waals surface area contributed by atoms with Crippen LogP contribution in [0.1, 0.15) is 43.7 Å². The van der Waals surface area contributed by atoms with Gasteiger partial charge in [-0.1, -0.05) is 24.3 Å². The quantitative estimate of drug-likeness (QED) is 0.686. The molecule has 0 bridgehead atoms. The molecule has 0 saturated heterocycles. The number of aliphatic carboxylic acids is 1. The molecule has 1 aromatic rings. The maximum atomic E-state index is 12.2. The van der Waals surface area contributed by atoms with E-state index in [1.807, 2.05) is 12.1 Å². The van der Waals surface area contributed by atoms with Crippen LogP contribution in [0.4, 0.5) is 0 Å². The number of esters is 1. The van der Waals surface area contributed by atoms with Gasteiger partial charge in [0.1, 0.15) is 5.60 Å². The van der Waals surface area contributed by atoms with Crippen LogP contribution in [-0.4, -0.2) is 22.6 Å². The molecular weight excluding hydrogens is 280 g/mol. The fourth-order valence-corrected chi connectivity index (χ4v) is 3.89. The molecule has 2 aliphatic carbocycles. The minimum Gasteiger partial charge on any atom is -0.481 e. The number of fused-ring (bicyclic) bond motifs is 1. The zero-order chi connectivity index (χ0) is 15.7. The van der Waals surface area contributed by atoms with Crippen molar-refractivity contribution in [3.8, 4) is 0 Å². The summed E-state index contributed by atoms with van der Waals surface area (Å²) in [5.41, 5.74) is 2.20. The summed E-state index contributed by atoms with van der Waals surface area (Å²) >= 11 is 0. The van der Waals surface area contributed by atoms with E-state index in [0.717, 1.165) is 38.5 Å². The number of benzene rings is 1. The molecule has 0 amide bonds. The molecule has 1 fully saturated rings. The zero-order valence-corrected chi connectivity index (χ0v) is 12.9. The highest BCUT2D eigenvalue weighted by Gasteiger charge is 2.47. The second kappa shape index (κ2) is 5.75. The molecule has 0 aromatic heterocycles. The van der Waals surface area contributed by atoms with E-state index < -0.39 is 23.5 Å². The molecule has 1 N–H and O–H groups in total. The first-order chi connectivity index (χ1) is 10.5. The molecule has 4 heteroatoms.